The molecule has 4 atom stereocenters. The maximum Gasteiger partial charge on any atom is 0.207 e. The fraction of sp³-hybridized carbons (Fsp3) is 0.684. The molecule has 1 aliphatic rings. The van der Waals surface area contributed by atoms with E-state index in [0.29, 0.717) is 22.9 Å². The maximum absolute atomic E-state index is 10.5. The fourth-order valence-corrected chi connectivity index (χ4v) is 5.30. The van der Waals surface area contributed by atoms with Gasteiger partial charge in [-0.25, -0.2) is 0 Å². The van der Waals surface area contributed by atoms with Crippen molar-refractivity contribution in [2.24, 2.45) is 0 Å². The lowest BCUT2D eigenvalue weighted by atomic mass is 9.82. The topological polar surface area (TPSA) is 117 Å². The Morgan fingerprint density at radius 1 is 1.17 bits per heavy atom. The first kappa shape index (κ1) is 22.7. The van der Waals surface area contributed by atoms with Crippen LogP contribution in [0.15, 0.2) is 12.0 Å². The first-order valence-electron chi connectivity index (χ1n) is 10.3. The van der Waals surface area contributed by atoms with Crippen LogP contribution < -0.4 is 16.0 Å². The molecule has 9 nitrogen and oxygen atoms in total. The fourth-order valence-electron chi connectivity index (χ4n) is 3.54. The lowest BCUT2D eigenvalue weighted by Gasteiger charge is -2.25. The van der Waals surface area contributed by atoms with E-state index in [1.807, 2.05) is 27.0 Å². The third-order valence-electron chi connectivity index (χ3n) is 5.19. The number of aliphatic hydroxyl groups is 1. The van der Waals surface area contributed by atoms with Gasteiger partial charge in [0, 0.05) is 18.9 Å². The monoisotopic (exact) mass is 453 g/mol. The van der Waals surface area contributed by atoms with Crippen molar-refractivity contribution < 1.29 is 9.84 Å². The van der Waals surface area contributed by atoms with Crippen LogP contribution in [0.25, 0.3) is 0 Å². The van der Waals surface area contributed by atoms with E-state index in [1.165, 1.54) is 11.3 Å². The van der Waals surface area contributed by atoms with Crippen molar-refractivity contribution in [3.8, 4) is 0 Å². The molecule has 0 aliphatic heterocycles. The van der Waals surface area contributed by atoms with Crippen LogP contribution in [0, 0.1) is 0 Å². The smallest absolute Gasteiger partial charge is 0.207 e. The first-order valence-corrected chi connectivity index (χ1v) is 12.0. The van der Waals surface area contributed by atoms with Gasteiger partial charge >= 0.3 is 0 Å². The Bertz CT molecular complexity index is 825. The summed E-state index contributed by atoms with van der Waals surface area (Å²) in [7, 11) is 3.47. The number of methoxy groups -OCH3 is 1. The van der Waals surface area contributed by atoms with Gasteiger partial charge in [-0.1, -0.05) is 36.0 Å². The molecule has 0 radical (unpaired) electrons. The number of anilines is 2. The molecule has 0 aromatic carbocycles. The van der Waals surface area contributed by atoms with E-state index in [1.54, 1.807) is 18.4 Å². The van der Waals surface area contributed by atoms with E-state index in [0.717, 1.165) is 47.3 Å². The Morgan fingerprint density at radius 2 is 1.80 bits per heavy atom. The summed E-state index contributed by atoms with van der Waals surface area (Å²) in [6, 6.07) is -0.257. The van der Waals surface area contributed by atoms with Gasteiger partial charge in [0.05, 0.1) is 13.2 Å². The van der Waals surface area contributed by atoms with Gasteiger partial charge in [-0.15, -0.1) is 20.4 Å². The Balaban J connectivity index is 1.58. The highest BCUT2D eigenvalue weighted by Crippen LogP contribution is 2.43. The lowest BCUT2D eigenvalue weighted by Crippen LogP contribution is -2.41. The van der Waals surface area contributed by atoms with Crippen LogP contribution in [0.2, 0.25) is 0 Å². The number of nitrogens with zero attached hydrogens (tertiary/aromatic N) is 4. The van der Waals surface area contributed by atoms with Crippen LogP contribution in [0.1, 0.15) is 67.8 Å². The summed E-state index contributed by atoms with van der Waals surface area (Å²) < 4.78 is 5.27. The lowest BCUT2D eigenvalue weighted by molar-refractivity contribution is 0.147. The standard InChI is InChI=1S/C19H31N7O2S2/c1-5-7-14(28-4)21-11(2)15(27)22-19-26-24-17(30-19)13-9-6-8-12(10-13)16-23-25-18(20-3)29-16/h7,11-13,15,21,27H,5-6,8-10H2,1-4H3,(H,20,25)(H,22,26)/b14-7+/t11?,12-,13-,15+/m0/s1. The third-order valence-corrected chi connectivity index (χ3v) is 7.31. The van der Waals surface area contributed by atoms with Gasteiger partial charge < -0.3 is 25.8 Å². The minimum absolute atomic E-state index is 0.257. The highest BCUT2D eigenvalue weighted by atomic mass is 32.1. The molecule has 1 aliphatic carbocycles. The minimum Gasteiger partial charge on any atom is -0.483 e. The van der Waals surface area contributed by atoms with Gasteiger partial charge in [-0.05, 0) is 38.7 Å². The van der Waals surface area contributed by atoms with Crippen molar-refractivity contribution in [1.29, 1.82) is 0 Å². The zero-order valence-electron chi connectivity index (χ0n) is 17.9. The number of ether oxygens (including phenoxy) is 1. The third kappa shape index (κ3) is 5.79. The summed E-state index contributed by atoms with van der Waals surface area (Å²) in [6.45, 7) is 3.92. The van der Waals surface area contributed by atoms with Crippen LogP contribution in [0.4, 0.5) is 10.3 Å². The van der Waals surface area contributed by atoms with Crippen molar-refractivity contribution in [2.45, 2.75) is 70.1 Å². The van der Waals surface area contributed by atoms with Crippen molar-refractivity contribution in [1.82, 2.24) is 25.7 Å². The summed E-state index contributed by atoms with van der Waals surface area (Å²) in [5, 5.41) is 40.5. The van der Waals surface area contributed by atoms with Gasteiger partial charge in [0.15, 0.2) is 5.88 Å². The molecule has 1 saturated carbocycles. The second-order valence-corrected chi connectivity index (χ2v) is 9.42. The molecule has 1 unspecified atom stereocenters. The van der Waals surface area contributed by atoms with Crippen molar-refractivity contribution in [2.75, 3.05) is 24.8 Å². The SMILES string of the molecule is CC/C=C(\NC(C)[C@@H](O)Nc1nnc([C@H]2CCC[C@H](c3nnc(NC)s3)C2)s1)OC. The van der Waals surface area contributed by atoms with E-state index in [2.05, 4.69) is 36.3 Å². The molecular weight excluding hydrogens is 422 g/mol. The molecule has 2 heterocycles. The predicted octanol–water partition coefficient (Wildman–Crippen LogP) is 3.48. The highest BCUT2D eigenvalue weighted by molar-refractivity contribution is 7.15. The van der Waals surface area contributed by atoms with Gasteiger partial charge in [0.25, 0.3) is 0 Å². The Kier molecular flexibility index (Phi) is 8.23. The molecule has 4 N–H and O–H groups in total. The molecule has 0 saturated heterocycles. The average Bonchev–Trinajstić information content (AvgIpc) is 3.43. The van der Waals surface area contributed by atoms with Crippen LogP contribution in [0.5, 0.6) is 0 Å². The van der Waals surface area contributed by atoms with Crippen LogP contribution in [-0.2, 0) is 4.74 Å². The van der Waals surface area contributed by atoms with Crippen molar-refractivity contribution in [3.63, 3.8) is 0 Å². The Morgan fingerprint density at radius 3 is 2.37 bits per heavy atom. The number of hydrogen-bond donors (Lipinski definition) is 4. The van der Waals surface area contributed by atoms with Gasteiger partial charge in [-0.2, -0.15) is 0 Å². The second kappa shape index (κ2) is 10.9. The van der Waals surface area contributed by atoms with E-state index >= 15 is 0 Å². The average molecular weight is 454 g/mol. The summed E-state index contributed by atoms with van der Waals surface area (Å²) in [5.74, 6) is 1.42. The molecule has 0 amide bonds. The van der Waals surface area contributed by atoms with E-state index < -0.39 is 6.23 Å². The number of allylic oxidation sites excluding steroid dienone is 1. The first-order chi connectivity index (χ1) is 14.5. The minimum atomic E-state index is -0.818. The quantitative estimate of drug-likeness (QED) is 0.317. The second-order valence-electron chi connectivity index (χ2n) is 7.40. The normalized spacial score (nSPS) is 21.7. The summed E-state index contributed by atoms with van der Waals surface area (Å²) in [6.07, 6.45) is 6.34. The number of aliphatic hydroxyl groups excluding tert-OH is 1. The van der Waals surface area contributed by atoms with Gasteiger partial charge in [0.1, 0.15) is 16.2 Å². The maximum atomic E-state index is 10.5. The molecule has 0 bridgehead atoms. The number of aromatic nitrogens is 4. The largest absolute Gasteiger partial charge is 0.483 e. The number of rotatable bonds is 10. The van der Waals surface area contributed by atoms with Crippen molar-refractivity contribution in [3.05, 3.63) is 22.0 Å². The Labute approximate surface area is 185 Å². The van der Waals surface area contributed by atoms with Gasteiger partial charge in [-0.3, -0.25) is 0 Å². The summed E-state index contributed by atoms with van der Waals surface area (Å²) in [4.78, 5) is 0. The van der Waals surface area contributed by atoms with E-state index in [9.17, 15) is 5.11 Å². The molecule has 0 spiro atoms. The summed E-state index contributed by atoms with van der Waals surface area (Å²) in [5.41, 5.74) is 0. The molecule has 11 heteroatoms. The zero-order chi connectivity index (χ0) is 21.5. The molecule has 30 heavy (non-hydrogen) atoms. The Hall–Kier alpha value is -1.98. The molecule has 2 aromatic rings. The van der Waals surface area contributed by atoms with Crippen LogP contribution >= 0.6 is 22.7 Å². The molecule has 3 rings (SSSR count). The molecule has 2 aromatic heterocycles. The van der Waals surface area contributed by atoms with Gasteiger partial charge in [0.2, 0.25) is 10.3 Å². The van der Waals surface area contributed by atoms with E-state index in [-0.39, 0.29) is 6.04 Å². The molecule has 166 valence electrons. The van der Waals surface area contributed by atoms with Crippen LogP contribution in [0.3, 0.4) is 0 Å². The highest BCUT2D eigenvalue weighted by Gasteiger charge is 2.29. The van der Waals surface area contributed by atoms with Crippen LogP contribution in [-0.4, -0.2) is 51.9 Å². The number of nitrogens with one attached hydrogen (secondary N) is 3. The van der Waals surface area contributed by atoms with Crippen molar-refractivity contribution >= 4 is 32.9 Å². The number of hydrogen-bond acceptors (Lipinski definition) is 11. The van der Waals surface area contributed by atoms with E-state index in [4.69, 9.17) is 4.74 Å². The molecule has 1 fully saturated rings. The molecular formula is C19H31N7O2S2. The summed E-state index contributed by atoms with van der Waals surface area (Å²) >= 11 is 3.15. The zero-order valence-corrected chi connectivity index (χ0v) is 19.5. The predicted molar refractivity (Wildman–Crippen MR) is 121 cm³/mol.